The van der Waals surface area contributed by atoms with Gasteiger partial charge in [0, 0.05) is 4.88 Å². The molecule has 1 atom stereocenters. The van der Waals surface area contributed by atoms with Crippen LogP contribution in [0.25, 0.3) is 0 Å². The molecule has 0 aromatic carbocycles. The quantitative estimate of drug-likeness (QED) is 0.897. The first kappa shape index (κ1) is 13.9. The summed E-state index contributed by atoms with van der Waals surface area (Å²) < 4.78 is 0. The van der Waals surface area contributed by atoms with Crippen LogP contribution in [0.5, 0.6) is 0 Å². The van der Waals surface area contributed by atoms with E-state index in [4.69, 9.17) is 5.73 Å². The molecule has 1 aromatic heterocycles. The van der Waals surface area contributed by atoms with Gasteiger partial charge in [0.1, 0.15) is 10.8 Å². The Morgan fingerprint density at radius 3 is 2.80 bits per heavy atom. The maximum absolute atomic E-state index is 12.6. The summed E-state index contributed by atoms with van der Waals surface area (Å²) in [6.45, 7) is 0. The first-order valence-corrected chi connectivity index (χ1v) is 8.85. The number of amides is 2. The molecule has 0 saturated heterocycles. The predicted molar refractivity (Wildman–Crippen MR) is 81.8 cm³/mol. The van der Waals surface area contributed by atoms with Crippen LogP contribution < -0.4 is 11.1 Å². The van der Waals surface area contributed by atoms with Crippen molar-refractivity contribution in [3.05, 3.63) is 21.9 Å². The highest BCUT2D eigenvalue weighted by Crippen LogP contribution is 2.40. The van der Waals surface area contributed by atoms with Crippen molar-refractivity contribution in [3.8, 4) is 0 Å². The van der Waals surface area contributed by atoms with Crippen molar-refractivity contribution in [3.63, 3.8) is 0 Å². The van der Waals surface area contributed by atoms with Crippen LogP contribution in [-0.4, -0.2) is 23.1 Å². The fraction of sp³-hybridized carbons (Fsp3) is 0.571. The zero-order valence-electron chi connectivity index (χ0n) is 11.2. The largest absolute Gasteiger partial charge is 0.368 e. The van der Waals surface area contributed by atoms with Crippen LogP contribution in [0.1, 0.15) is 41.4 Å². The number of hydrogen-bond donors (Lipinski definition) is 2. The van der Waals surface area contributed by atoms with Gasteiger partial charge in [-0.05, 0) is 42.0 Å². The van der Waals surface area contributed by atoms with E-state index in [0.29, 0.717) is 12.8 Å². The number of nitrogens with one attached hydrogen (secondary N) is 1. The number of fused-ring (bicyclic) bond motifs is 1. The first-order chi connectivity index (χ1) is 9.62. The van der Waals surface area contributed by atoms with Crippen LogP contribution >= 0.6 is 23.1 Å². The Kier molecular flexibility index (Phi) is 3.77. The van der Waals surface area contributed by atoms with Crippen molar-refractivity contribution in [2.75, 3.05) is 5.75 Å². The predicted octanol–water partition coefficient (Wildman–Crippen LogP) is 1.99. The van der Waals surface area contributed by atoms with Gasteiger partial charge in [-0.3, -0.25) is 9.59 Å². The van der Waals surface area contributed by atoms with Gasteiger partial charge in [-0.15, -0.1) is 23.1 Å². The van der Waals surface area contributed by atoms with E-state index in [2.05, 4.69) is 5.32 Å². The topological polar surface area (TPSA) is 72.2 Å². The van der Waals surface area contributed by atoms with Gasteiger partial charge in [0.2, 0.25) is 11.8 Å². The van der Waals surface area contributed by atoms with E-state index < -0.39 is 11.4 Å². The molecule has 0 bridgehead atoms. The minimum absolute atomic E-state index is 0.0601. The molecule has 1 saturated carbocycles. The number of rotatable bonds is 3. The lowest BCUT2D eigenvalue weighted by atomic mass is 9.96. The van der Waals surface area contributed by atoms with E-state index >= 15 is 0 Å². The number of carbonyl (C=O) groups excluding carboxylic acids is 2. The second-order valence-electron chi connectivity index (χ2n) is 5.44. The van der Waals surface area contributed by atoms with Gasteiger partial charge < -0.3 is 11.1 Å². The molecule has 1 fully saturated rings. The minimum Gasteiger partial charge on any atom is -0.368 e. The lowest BCUT2D eigenvalue weighted by molar-refractivity contribution is -0.131. The van der Waals surface area contributed by atoms with E-state index in [0.717, 1.165) is 30.6 Å². The van der Waals surface area contributed by atoms with Gasteiger partial charge in [0.05, 0.1) is 0 Å². The van der Waals surface area contributed by atoms with E-state index in [1.165, 1.54) is 4.88 Å². The number of hydrogen-bond acceptors (Lipinski definition) is 4. The van der Waals surface area contributed by atoms with Crippen LogP contribution in [0.2, 0.25) is 0 Å². The van der Waals surface area contributed by atoms with Gasteiger partial charge >= 0.3 is 0 Å². The molecule has 3 N–H and O–H groups in total. The summed E-state index contributed by atoms with van der Waals surface area (Å²) in [5.74, 6) is 0.500. The summed E-state index contributed by atoms with van der Waals surface area (Å²) in [5, 5.41) is 4.81. The van der Waals surface area contributed by atoms with Gasteiger partial charge in [-0.25, -0.2) is 0 Å². The van der Waals surface area contributed by atoms with Gasteiger partial charge in [0.15, 0.2) is 0 Å². The van der Waals surface area contributed by atoms with Crippen molar-refractivity contribution in [2.45, 2.75) is 42.9 Å². The van der Waals surface area contributed by atoms with E-state index in [1.807, 2.05) is 11.4 Å². The smallest absolute Gasteiger partial charge is 0.243 e. The molecule has 20 heavy (non-hydrogen) atoms. The molecule has 1 aliphatic heterocycles. The van der Waals surface area contributed by atoms with Crippen LogP contribution in [-0.2, 0) is 16.0 Å². The fourth-order valence-corrected chi connectivity index (χ4v) is 5.37. The van der Waals surface area contributed by atoms with Crippen LogP contribution in [0, 0.1) is 0 Å². The number of thiophene rings is 1. The van der Waals surface area contributed by atoms with Gasteiger partial charge in [-0.2, -0.15) is 0 Å². The zero-order chi connectivity index (χ0) is 14.2. The molecule has 0 radical (unpaired) electrons. The van der Waals surface area contributed by atoms with E-state index in [-0.39, 0.29) is 11.2 Å². The van der Waals surface area contributed by atoms with Crippen molar-refractivity contribution < 1.29 is 9.59 Å². The third-order valence-electron chi connectivity index (χ3n) is 4.21. The number of aryl methyl sites for hydroxylation is 1. The molecule has 2 heterocycles. The zero-order valence-corrected chi connectivity index (χ0v) is 12.8. The second-order valence-corrected chi connectivity index (χ2v) is 7.66. The number of nitrogens with two attached hydrogens (primary N) is 1. The maximum Gasteiger partial charge on any atom is 0.243 e. The average molecular weight is 310 g/mol. The lowest BCUT2D eigenvalue weighted by Crippen LogP contribution is -2.56. The molecule has 108 valence electrons. The molecular weight excluding hydrogens is 292 g/mol. The number of primary amides is 1. The first-order valence-electron chi connectivity index (χ1n) is 6.92. The summed E-state index contributed by atoms with van der Waals surface area (Å²) in [6.07, 6.45) is 4.27. The van der Waals surface area contributed by atoms with Crippen molar-refractivity contribution in [1.29, 1.82) is 0 Å². The summed E-state index contributed by atoms with van der Waals surface area (Å²) in [6, 6.07) is 2.03. The third-order valence-corrected chi connectivity index (χ3v) is 6.44. The Bertz CT molecular complexity index is 535. The lowest BCUT2D eigenvalue weighted by Gasteiger charge is -2.30. The van der Waals surface area contributed by atoms with Gasteiger partial charge in [-0.1, -0.05) is 12.8 Å². The fourth-order valence-electron chi connectivity index (χ4n) is 3.08. The standard InChI is InChI=1S/C14H18N2O2S2/c15-13(18)14(5-1-2-6-14)16-12(17)11-9-3-7-19-10(9)4-8-20-11/h3,7,11H,1-2,4-6,8H2,(H2,15,18)(H,16,17)/t11-/m0/s1. The highest BCUT2D eigenvalue weighted by atomic mass is 32.2. The normalized spacial score (nSPS) is 24.1. The van der Waals surface area contributed by atoms with Crippen molar-refractivity contribution in [2.24, 2.45) is 5.73 Å². The van der Waals surface area contributed by atoms with Crippen LogP contribution in [0.15, 0.2) is 11.4 Å². The molecule has 1 aliphatic carbocycles. The van der Waals surface area contributed by atoms with E-state index in [1.54, 1.807) is 23.1 Å². The molecule has 2 aliphatic rings. The summed E-state index contributed by atoms with van der Waals surface area (Å²) in [4.78, 5) is 25.6. The molecule has 1 aromatic rings. The molecule has 0 unspecified atom stereocenters. The Hall–Kier alpha value is -1.01. The highest BCUT2D eigenvalue weighted by Gasteiger charge is 2.42. The van der Waals surface area contributed by atoms with Crippen LogP contribution in [0.4, 0.5) is 0 Å². The molecule has 4 nitrogen and oxygen atoms in total. The minimum atomic E-state index is -0.814. The van der Waals surface area contributed by atoms with Crippen molar-refractivity contribution >= 4 is 34.9 Å². The average Bonchev–Trinajstić information content (AvgIpc) is 3.06. The third kappa shape index (κ3) is 2.35. The Morgan fingerprint density at radius 1 is 1.35 bits per heavy atom. The molecule has 2 amide bonds. The Balaban J connectivity index is 1.79. The maximum atomic E-state index is 12.6. The molecule has 6 heteroatoms. The van der Waals surface area contributed by atoms with Crippen LogP contribution in [0.3, 0.4) is 0 Å². The summed E-state index contributed by atoms with van der Waals surface area (Å²) >= 11 is 3.36. The Morgan fingerprint density at radius 2 is 2.10 bits per heavy atom. The van der Waals surface area contributed by atoms with Crippen molar-refractivity contribution in [1.82, 2.24) is 5.32 Å². The summed E-state index contributed by atoms with van der Waals surface area (Å²) in [5.41, 5.74) is 5.82. The highest BCUT2D eigenvalue weighted by molar-refractivity contribution is 8.00. The number of thioether (sulfide) groups is 1. The number of carbonyl (C=O) groups is 2. The van der Waals surface area contributed by atoms with E-state index in [9.17, 15) is 9.59 Å². The second kappa shape index (κ2) is 5.41. The summed E-state index contributed by atoms with van der Waals surface area (Å²) in [7, 11) is 0. The molecule has 0 spiro atoms. The monoisotopic (exact) mass is 310 g/mol. The van der Waals surface area contributed by atoms with Gasteiger partial charge in [0.25, 0.3) is 0 Å². The molecule has 3 rings (SSSR count). The molecular formula is C14H18N2O2S2. The Labute approximate surface area is 126 Å². The SMILES string of the molecule is NC(=O)C1(NC(=O)[C@H]2SCCc3sccc32)CCCC1.